The van der Waals surface area contributed by atoms with E-state index < -0.39 is 0 Å². The molecule has 0 spiro atoms. The number of hydrogen-bond acceptors (Lipinski definition) is 6. The topological polar surface area (TPSA) is 96.1 Å². The van der Waals surface area contributed by atoms with Crippen LogP contribution in [0.3, 0.4) is 0 Å². The third-order valence-corrected chi connectivity index (χ3v) is 2.45. The van der Waals surface area contributed by atoms with Gasteiger partial charge in [0.1, 0.15) is 17.5 Å². The number of anilines is 2. The molecule has 1 atom stereocenters. The fourth-order valence-corrected chi connectivity index (χ4v) is 1.38. The molecule has 5 N–H and O–H groups in total. The lowest BCUT2D eigenvalue weighted by atomic mass is 10.2. The number of hydrazine groups is 1. The van der Waals surface area contributed by atoms with Crippen molar-refractivity contribution < 1.29 is 5.11 Å². The van der Waals surface area contributed by atoms with Crippen molar-refractivity contribution in [3.8, 4) is 0 Å². The monoisotopic (exact) mass is 225 g/mol. The SMILES string of the molecule is CCC(CO)Nc1nc(C)nc(NN)c1C. The average Bonchev–Trinajstić information content (AvgIpc) is 2.29. The molecule has 0 aliphatic heterocycles. The van der Waals surface area contributed by atoms with Crippen molar-refractivity contribution in [3.63, 3.8) is 0 Å². The highest BCUT2D eigenvalue weighted by Gasteiger charge is 2.11. The maximum absolute atomic E-state index is 9.13. The predicted octanol–water partition coefficient (Wildman–Crippen LogP) is 0.562. The lowest BCUT2D eigenvalue weighted by Crippen LogP contribution is -2.24. The Morgan fingerprint density at radius 1 is 1.31 bits per heavy atom. The molecule has 1 unspecified atom stereocenters. The van der Waals surface area contributed by atoms with Crippen LogP contribution in [-0.4, -0.2) is 27.7 Å². The Morgan fingerprint density at radius 2 is 1.94 bits per heavy atom. The maximum atomic E-state index is 9.13. The van der Waals surface area contributed by atoms with Gasteiger partial charge in [0.15, 0.2) is 0 Å². The Balaban J connectivity index is 2.98. The van der Waals surface area contributed by atoms with Crippen LogP contribution in [0.15, 0.2) is 0 Å². The Morgan fingerprint density at radius 3 is 2.44 bits per heavy atom. The summed E-state index contributed by atoms with van der Waals surface area (Å²) in [5.74, 6) is 7.31. The largest absolute Gasteiger partial charge is 0.394 e. The number of aromatic nitrogens is 2. The Labute approximate surface area is 95.3 Å². The maximum Gasteiger partial charge on any atom is 0.148 e. The van der Waals surface area contributed by atoms with E-state index in [-0.39, 0.29) is 12.6 Å². The number of nitrogens with zero attached hydrogens (tertiary/aromatic N) is 2. The zero-order valence-corrected chi connectivity index (χ0v) is 9.91. The normalized spacial score (nSPS) is 12.3. The van der Waals surface area contributed by atoms with Gasteiger partial charge in [0, 0.05) is 5.56 Å². The molecule has 1 aromatic rings. The van der Waals surface area contributed by atoms with Crippen molar-refractivity contribution in [2.45, 2.75) is 33.2 Å². The fourth-order valence-electron chi connectivity index (χ4n) is 1.38. The van der Waals surface area contributed by atoms with Crippen LogP contribution in [0, 0.1) is 13.8 Å². The van der Waals surface area contributed by atoms with Crippen LogP contribution < -0.4 is 16.6 Å². The second-order valence-corrected chi connectivity index (χ2v) is 3.67. The molecule has 0 radical (unpaired) electrons. The van der Waals surface area contributed by atoms with Gasteiger partial charge in [-0.25, -0.2) is 15.8 Å². The first-order valence-electron chi connectivity index (χ1n) is 5.31. The van der Waals surface area contributed by atoms with Gasteiger partial charge < -0.3 is 15.8 Å². The molecule has 6 nitrogen and oxygen atoms in total. The summed E-state index contributed by atoms with van der Waals surface area (Å²) in [6.45, 7) is 5.75. The second-order valence-electron chi connectivity index (χ2n) is 3.67. The number of aliphatic hydroxyl groups excluding tert-OH is 1. The molecule has 1 rings (SSSR count). The summed E-state index contributed by atoms with van der Waals surface area (Å²) in [6, 6.07) is -0.00127. The summed E-state index contributed by atoms with van der Waals surface area (Å²) >= 11 is 0. The van der Waals surface area contributed by atoms with Gasteiger partial charge in [0.2, 0.25) is 0 Å². The molecule has 6 heteroatoms. The van der Waals surface area contributed by atoms with E-state index in [2.05, 4.69) is 20.7 Å². The van der Waals surface area contributed by atoms with Gasteiger partial charge in [0.05, 0.1) is 12.6 Å². The molecule has 90 valence electrons. The van der Waals surface area contributed by atoms with Crippen LogP contribution in [0.5, 0.6) is 0 Å². The van der Waals surface area contributed by atoms with Crippen LogP contribution >= 0.6 is 0 Å². The molecule has 0 amide bonds. The summed E-state index contributed by atoms with van der Waals surface area (Å²) in [4.78, 5) is 8.45. The number of nitrogens with one attached hydrogen (secondary N) is 2. The van der Waals surface area contributed by atoms with Gasteiger partial charge in [-0.15, -0.1) is 0 Å². The Bertz CT molecular complexity index is 351. The molecule has 1 aromatic heterocycles. The fraction of sp³-hybridized carbons (Fsp3) is 0.600. The average molecular weight is 225 g/mol. The van der Waals surface area contributed by atoms with Crippen molar-refractivity contribution in [1.29, 1.82) is 0 Å². The molecule has 0 aliphatic carbocycles. The molecule has 0 aliphatic rings. The summed E-state index contributed by atoms with van der Waals surface area (Å²) in [5, 5.41) is 12.3. The minimum atomic E-state index is -0.00127. The third-order valence-electron chi connectivity index (χ3n) is 2.45. The van der Waals surface area contributed by atoms with E-state index in [0.717, 1.165) is 12.0 Å². The first-order valence-corrected chi connectivity index (χ1v) is 5.31. The van der Waals surface area contributed by atoms with E-state index in [1.807, 2.05) is 13.8 Å². The van der Waals surface area contributed by atoms with Gasteiger partial charge >= 0.3 is 0 Å². The van der Waals surface area contributed by atoms with Crippen molar-refractivity contribution in [2.75, 3.05) is 17.3 Å². The van der Waals surface area contributed by atoms with Crippen LogP contribution in [-0.2, 0) is 0 Å². The van der Waals surface area contributed by atoms with E-state index in [9.17, 15) is 0 Å². The van der Waals surface area contributed by atoms with Gasteiger partial charge in [-0.2, -0.15) is 0 Å². The van der Waals surface area contributed by atoms with Crippen LogP contribution in [0.1, 0.15) is 24.7 Å². The number of aryl methyl sites for hydroxylation is 1. The Hall–Kier alpha value is -1.40. The van der Waals surface area contributed by atoms with Crippen molar-refractivity contribution >= 4 is 11.6 Å². The smallest absolute Gasteiger partial charge is 0.148 e. The summed E-state index contributed by atoms with van der Waals surface area (Å²) in [7, 11) is 0. The highest BCUT2D eigenvalue weighted by molar-refractivity contribution is 5.57. The summed E-state index contributed by atoms with van der Waals surface area (Å²) in [6.07, 6.45) is 0.824. The summed E-state index contributed by atoms with van der Waals surface area (Å²) < 4.78 is 0. The molecule has 1 heterocycles. The number of nitrogen functional groups attached to an aromatic ring is 1. The van der Waals surface area contributed by atoms with E-state index in [1.54, 1.807) is 6.92 Å². The van der Waals surface area contributed by atoms with E-state index in [1.165, 1.54) is 0 Å². The van der Waals surface area contributed by atoms with Crippen molar-refractivity contribution in [2.24, 2.45) is 5.84 Å². The van der Waals surface area contributed by atoms with Gasteiger partial charge in [-0.1, -0.05) is 6.92 Å². The van der Waals surface area contributed by atoms with Crippen molar-refractivity contribution in [3.05, 3.63) is 11.4 Å². The van der Waals surface area contributed by atoms with Crippen LogP contribution in [0.4, 0.5) is 11.6 Å². The minimum Gasteiger partial charge on any atom is -0.394 e. The highest BCUT2D eigenvalue weighted by Crippen LogP contribution is 2.19. The molecule has 0 bridgehead atoms. The number of hydrogen-bond donors (Lipinski definition) is 4. The van der Waals surface area contributed by atoms with E-state index in [4.69, 9.17) is 10.9 Å². The van der Waals surface area contributed by atoms with Crippen LogP contribution in [0.2, 0.25) is 0 Å². The predicted molar refractivity (Wildman–Crippen MR) is 64.1 cm³/mol. The molecule has 0 saturated heterocycles. The highest BCUT2D eigenvalue weighted by atomic mass is 16.3. The first-order chi connectivity index (χ1) is 7.62. The molecule has 0 aromatic carbocycles. The van der Waals surface area contributed by atoms with E-state index >= 15 is 0 Å². The Kier molecular flexibility index (Phi) is 4.45. The number of aliphatic hydroxyl groups is 1. The molecular weight excluding hydrogens is 206 g/mol. The van der Waals surface area contributed by atoms with Gasteiger partial charge in [-0.3, -0.25) is 0 Å². The quantitative estimate of drug-likeness (QED) is 0.432. The van der Waals surface area contributed by atoms with Gasteiger partial charge in [0.25, 0.3) is 0 Å². The zero-order chi connectivity index (χ0) is 12.1. The third kappa shape index (κ3) is 2.80. The molecular formula is C10H19N5O. The standard InChI is InChI=1S/C10H19N5O/c1-4-8(5-16)14-9-6(2)10(15-11)13-7(3)12-9/h8,16H,4-5,11H2,1-3H3,(H2,12,13,14,15). The first kappa shape index (κ1) is 12.7. The second kappa shape index (κ2) is 5.62. The van der Waals surface area contributed by atoms with Gasteiger partial charge in [-0.05, 0) is 20.3 Å². The molecule has 0 fully saturated rings. The van der Waals surface area contributed by atoms with Crippen molar-refractivity contribution in [1.82, 2.24) is 9.97 Å². The molecule has 0 saturated carbocycles. The lowest BCUT2D eigenvalue weighted by molar-refractivity contribution is 0.271. The number of rotatable bonds is 5. The lowest BCUT2D eigenvalue weighted by Gasteiger charge is -2.18. The van der Waals surface area contributed by atoms with E-state index in [0.29, 0.717) is 17.5 Å². The number of nitrogens with two attached hydrogens (primary N) is 1. The minimum absolute atomic E-state index is 0.00127. The zero-order valence-electron chi connectivity index (χ0n) is 9.91. The van der Waals surface area contributed by atoms with Crippen LogP contribution in [0.25, 0.3) is 0 Å². The summed E-state index contributed by atoms with van der Waals surface area (Å²) in [5.41, 5.74) is 3.38. The molecule has 16 heavy (non-hydrogen) atoms.